The lowest BCUT2D eigenvalue weighted by Gasteiger charge is -2.28. The first kappa shape index (κ1) is 44.7. The summed E-state index contributed by atoms with van der Waals surface area (Å²) in [5.74, 6) is -10.8. The third-order valence-corrected chi connectivity index (χ3v) is 8.03. The minimum Gasteiger partial charge on any atom is -0.481 e. The number of ether oxygens (including phenoxy) is 2. The maximum atomic E-state index is 12.9. The monoisotopic (exact) mass is 691 g/mol. The first-order valence-corrected chi connectivity index (χ1v) is 17.0. The van der Waals surface area contributed by atoms with Crippen LogP contribution in [0.5, 0.6) is 0 Å². The number of nitrogens with two attached hydrogens (primary N) is 1. The Balaban J connectivity index is 5.73. The van der Waals surface area contributed by atoms with Crippen LogP contribution in [0.25, 0.3) is 0 Å². The summed E-state index contributed by atoms with van der Waals surface area (Å²) >= 11 is 0. The summed E-state index contributed by atoms with van der Waals surface area (Å²) in [7, 11) is 0. The fraction of sp³-hybridized carbons (Fsp3) is 0.818. The van der Waals surface area contributed by atoms with Crippen molar-refractivity contribution in [3.8, 4) is 0 Å². The number of unbranched alkanes of at least 4 members (excludes halogenated alkanes) is 9. The smallest absolute Gasteiger partial charge is 0.307 e. The molecule has 0 fully saturated rings. The van der Waals surface area contributed by atoms with E-state index in [4.69, 9.17) is 25.4 Å². The number of carboxylic acids is 4. The second-order valence-electron chi connectivity index (χ2n) is 12.4. The number of carboxylic acid groups (broad SMARTS) is 4. The lowest BCUT2D eigenvalue weighted by atomic mass is 9.97. The lowest BCUT2D eigenvalue weighted by Crippen LogP contribution is -2.37. The van der Waals surface area contributed by atoms with Gasteiger partial charge in [-0.05, 0) is 32.1 Å². The molecule has 278 valence electrons. The number of aliphatic hydroxyl groups excluding tert-OH is 2. The van der Waals surface area contributed by atoms with Crippen molar-refractivity contribution in [3.05, 3.63) is 0 Å². The van der Waals surface area contributed by atoms with Crippen LogP contribution in [0.1, 0.15) is 129 Å². The van der Waals surface area contributed by atoms with Crippen LogP contribution in [-0.4, -0.2) is 97.4 Å². The molecule has 6 atom stereocenters. The van der Waals surface area contributed by atoms with Gasteiger partial charge in [0.2, 0.25) is 0 Å². The molecule has 0 aliphatic carbocycles. The normalized spacial score (nSPS) is 15.0. The van der Waals surface area contributed by atoms with Crippen molar-refractivity contribution in [2.45, 2.75) is 153 Å². The number of aliphatic hydroxyl groups is 2. The molecule has 0 radical (unpaired) electrons. The Kier molecular flexibility index (Phi) is 24.8. The van der Waals surface area contributed by atoms with Gasteiger partial charge in [-0.1, -0.05) is 64.7 Å². The van der Waals surface area contributed by atoms with Gasteiger partial charge in [0.1, 0.15) is 12.2 Å². The van der Waals surface area contributed by atoms with E-state index in [2.05, 4.69) is 6.92 Å². The SMILES string of the molecule is CCCCCCCCC(OC(=O)CC(CC(=O)O)C(=O)O)C(CCCCCCC[C@@H](O)C[C@@H](O)CN)OC(=O)CC(CC(=O)O)C(=O)O. The van der Waals surface area contributed by atoms with Crippen molar-refractivity contribution >= 4 is 35.8 Å². The van der Waals surface area contributed by atoms with E-state index in [1.54, 1.807) is 0 Å². The van der Waals surface area contributed by atoms with Crippen molar-refractivity contribution in [2.24, 2.45) is 17.6 Å². The average Bonchev–Trinajstić information content (AvgIpc) is 2.99. The number of hydrogen-bond acceptors (Lipinski definition) is 11. The van der Waals surface area contributed by atoms with Crippen molar-refractivity contribution < 1.29 is 68.9 Å². The van der Waals surface area contributed by atoms with E-state index in [0.29, 0.717) is 32.1 Å². The predicted octanol–water partition coefficient (Wildman–Crippen LogP) is 3.49. The quantitative estimate of drug-likeness (QED) is 0.0405. The van der Waals surface area contributed by atoms with Crippen LogP contribution in [-0.2, 0) is 38.2 Å². The van der Waals surface area contributed by atoms with Gasteiger partial charge in [-0.25, -0.2) is 0 Å². The third kappa shape index (κ3) is 23.1. The maximum absolute atomic E-state index is 12.9. The highest BCUT2D eigenvalue weighted by molar-refractivity contribution is 5.83. The Morgan fingerprint density at radius 2 is 0.917 bits per heavy atom. The van der Waals surface area contributed by atoms with E-state index in [9.17, 15) is 49.2 Å². The Hall–Kier alpha value is -3.30. The van der Waals surface area contributed by atoms with Gasteiger partial charge in [-0.2, -0.15) is 0 Å². The minimum absolute atomic E-state index is 0.0664. The molecular weight excluding hydrogens is 634 g/mol. The zero-order valence-corrected chi connectivity index (χ0v) is 28.1. The molecule has 0 heterocycles. The fourth-order valence-electron chi connectivity index (χ4n) is 5.30. The maximum Gasteiger partial charge on any atom is 0.307 e. The summed E-state index contributed by atoms with van der Waals surface area (Å²) in [5, 5.41) is 56.5. The molecule has 0 aromatic rings. The lowest BCUT2D eigenvalue weighted by molar-refractivity contribution is -0.173. The molecule has 0 spiro atoms. The predicted molar refractivity (Wildman–Crippen MR) is 172 cm³/mol. The van der Waals surface area contributed by atoms with E-state index < -0.39 is 97.8 Å². The van der Waals surface area contributed by atoms with E-state index >= 15 is 0 Å². The fourth-order valence-corrected chi connectivity index (χ4v) is 5.30. The van der Waals surface area contributed by atoms with Crippen molar-refractivity contribution in [1.82, 2.24) is 0 Å². The summed E-state index contributed by atoms with van der Waals surface area (Å²) in [5.41, 5.74) is 5.38. The molecular formula is C33H57NO14. The van der Waals surface area contributed by atoms with Crippen LogP contribution in [0.2, 0.25) is 0 Å². The highest BCUT2D eigenvalue weighted by atomic mass is 16.6. The van der Waals surface area contributed by atoms with Gasteiger partial charge in [0.15, 0.2) is 0 Å². The second kappa shape index (κ2) is 26.6. The van der Waals surface area contributed by atoms with Gasteiger partial charge < -0.3 is 45.8 Å². The largest absolute Gasteiger partial charge is 0.481 e. The highest BCUT2D eigenvalue weighted by Gasteiger charge is 2.33. The Morgan fingerprint density at radius 1 is 0.542 bits per heavy atom. The van der Waals surface area contributed by atoms with Crippen LogP contribution in [0.15, 0.2) is 0 Å². The number of esters is 2. The molecule has 0 bridgehead atoms. The summed E-state index contributed by atoms with van der Waals surface area (Å²) in [6.07, 6.45) is 3.35. The molecule has 0 amide bonds. The Morgan fingerprint density at radius 3 is 1.27 bits per heavy atom. The molecule has 0 saturated heterocycles. The standard InChI is InChI=1S/C33H57NO14/c1-2-3-4-5-8-11-14-26(47-30(41)18-22(32(43)44)16-28(37)38)27(48-31(42)19-23(33(45)46)17-29(39)40)15-12-9-6-7-10-13-24(35)20-25(36)21-34/h22-27,35-36H,2-21,34H2,1H3,(H,37,38)(H,39,40)(H,43,44)(H,45,46)/t22?,23?,24-,25-,26?,27?/m1/s1. The first-order chi connectivity index (χ1) is 22.7. The summed E-state index contributed by atoms with van der Waals surface area (Å²) in [6.45, 7) is 2.14. The van der Waals surface area contributed by atoms with Crippen LogP contribution in [0, 0.1) is 11.8 Å². The summed E-state index contributed by atoms with van der Waals surface area (Å²) in [6, 6.07) is 0. The molecule has 0 aromatic carbocycles. The summed E-state index contributed by atoms with van der Waals surface area (Å²) < 4.78 is 11.3. The van der Waals surface area contributed by atoms with Gasteiger partial charge in [0.25, 0.3) is 0 Å². The zero-order chi connectivity index (χ0) is 36.5. The van der Waals surface area contributed by atoms with E-state index in [1.807, 2.05) is 0 Å². The zero-order valence-electron chi connectivity index (χ0n) is 28.1. The first-order valence-electron chi connectivity index (χ1n) is 17.0. The van der Waals surface area contributed by atoms with E-state index in [-0.39, 0.29) is 25.8 Å². The average molecular weight is 692 g/mol. The number of carbonyl (C=O) groups is 6. The van der Waals surface area contributed by atoms with Gasteiger partial charge >= 0.3 is 35.8 Å². The number of hydrogen-bond donors (Lipinski definition) is 7. The molecule has 0 aliphatic rings. The second-order valence-corrected chi connectivity index (χ2v) is 12.4. The molecule has 0 rings (SSSR count). The molecule has 0 aromatic heterocycles. The summed E-state index contributed by atoms with van der Waals surface area (Å²) in [4.78, 5) is 71.2. The number of carbonyl (C=O) groups excluding carboxylic acids is 2. The van der Waals surface area contributed by atoms with Crippen molar-refractivity contribution in [2.75, 3.05) is 6.54 Å². The van der Waals surface area contributed by atoms with Gasteiger partial charge in [0, 0.05) is 13.0 Å². The van der Waals surface area contributed by atoms with Crippen molar-refractivity contribution in [3.63, 3.8) is 0 Å². The van der Waals surface area contributed by atoms with E-state index in [0.717, 1.165) is 44.9 Å². The van der Waals surface area contributed by atoms with Gasteiger partial charge in [0.05, 0.1) is 49.7 Å². The Labute approximate surface area is 282 Å². The van der Waals surface area contributed by atoms with Crippen LogP contribution in [0.3, 0.4) is 0 Å². The van der Waals surface area contributed by atoms with Crippen LogP contribution < -0.4 is 5.73 Å². The molecule has 15 nitrogen and oxygen atoms in total. The number of aliphatic carboxylic acids is 4. The van der Waals surface area contributed by atoms with Gasteiger partial charge in [-0.3, -0.25) is 28.8 Å². The molecule has 0 saturated carbocycles. The third-order valence-electron chi connectivity index (χ3n) is 8.03. The van der Waals surface area contributed by atoms with Crippen LogP contribution in [0.4, 0.5) is 0 Å². The van der Waals surface area contributed by atoms with Crippen LogP contribution >= 0.6 is 0 Å². The molecule has 15 heteroatoms. The highest BCUT2D eigenvalue weighted by Crippen LogP contribution is 2.24. The van der Waals surface area contributed by atoms with E-state index in [1.165, 1.54) is 0 Å². The molecule has 8 N–H and O–H groups in total. The topological polar surface area (TPSA) is 268 Å². The molecule has 4 unspecified atom stereocenters. The molecule has 0 aliphatic heterocycles. The number of rotatable bonds is 31. The molecule has 48 heavy (non-hydrogen) atoms. The van der Waals surface area contributed by atoms with Crippen molar-refractivity contribution in [1.29, 1.82) is 0 Å². The van der Waals surface area contributed by atoms with Gasteiger partial charge in [-0.15, -0.1) is 0 Å². The Bertz CT molecular complexity index is 974. The minimum atomic E-state index is -1.54.